The molecule has 11 heavy (non-hydrogen) atoms. The summed E-state index contributed by atoms with van der Waals surface area (Å²) in [7, 11) is 1.65. The van der Waals surface area contributed by atoms with Gasteiger partial charge in [-0.1, -0.05) is 19.0 Å². The van der Waals surface area contributed by atoms with Crippen molar-refractivity contribution < 1.29 is 9.26 Å². The Morgan fingerprint density at radius 3 is 2.91 bits per heavy atom. The van der Waals surface area contributed by atoms with Crippen molar-refractivity contribution in [3.8, 4) is 0 Å². The summed E-state index contributed by atoms with van der Waals surface area (Å²) in [4.78, 5) is 0. The van der Waals surface area contributed by atoms with Crippen molar-refractivity contribution in [3.05, 3.63) is 17.5 Å². The minimum atomic E-state index is 0.450. The van der Waals surface area contributed by atoms with Crippen LogP contribution in [0.25, 0.3) is 0 Å². The maximum absolute atomic E-state index is 4.95. The molecular weight excluding hydrogens is 142 g/mol. The summed E-state index contributed by atoms with van der Waals surface area (Å²) in [6.45, 7) is 4.74. The highest BCUT2D eigenvalue weighted by molar-refractivity contribution is 5.17. The third kappa shape index (κ3) is 1.80. The highest BCUT2D eigenvalue weighted by Gasteiger charge is 2.09. The molecular formula is C8H13NO2. The third-order valence-corrected chi connectivity index (χ3v) is 1.58. The fourth-order valence-electron chi connectivity index (χ4n) is 0.983. The second kappa shape index (κ2) is 3.53. The molecule has 0 radical (unpaired) electrons. The molecule has 1 rings (SSSR count). The normalized spacial score (nSPS) is 10.9. The summed E-state index contributed by atoms with van der Waals surface area (Å²) in [5, 5.41) is 3.83. The number of methoxy groups -OCH3 is 1. The minimum absolute atomic E-state index is 0.450. The topological polar surface area (TPSA) is 35.3 Å². The van der Waals surface area contributed by atoms with Crippen LogP contribution in [0.1, 0.15) is 31.0 Å². The van der Waals surface area contributed by atoms with Crippen LogP contribution in [0.3, 0.4) is 0 Å². The lowest BCUT2D eigenvalue weighted by Crippen LogP contribution is -1.94. The van der Waals surface area contributed by atoms with Gasteiger partial charge in [-0.25, -0.2) is 0 Å². The highest BCUT2D eigenvalue weighted by atomic mass is 16.5. The largest absolute Gasteiger partial charge is 0.378 e. The lowest BCUT2D eigenvalue weighted by Gasteiger charge is -2.01. The van der Waals surface area contributed by atoms with Gasteiger partial charge in [0.1, 0.15) is 12.0 Å². The van der Waals surface area contributed by atoms with Crippen LogP contribution in [-0.2, 0) is 11.3 Å². The zero-order valence-corrected chi connectivity index (χ0v) is 7.13. The van der Waals surface area contributed by atoms with E-state index >= 15 is 0 Å². The van der Waals surface area contributed by atoms with Crippen molar-refractivity contribution in [2.24, 2.45) is 0 Å². The number of hydrogen-bond donors (Lipinski definition) is 0. The molecule has 0 saturated heterocycles. The molecule has 0 N–H and O–H groups in total. The molecule has 0 fully saturated rings. The van der Waals surface area contributed by atoms with Crippen molar-refractivity contribution in [2.45, 2.75) is 26.4 Å². The standard InChI is InChI=1S/C8H13NO2/c1-6(2)7-4-11-9-8(7)5-10-3/h4,6H,5H2,1-3H3. The van der Waals surface area contributed by atoms with Crippen LogP contribution in [-0.4, -0.2) is 12.3 Å². The first-order chi connectivity index (χ1) is 5.25. The molecule has 62 valence electrons. The predicted molar refractivity (Wildman–Crippen MR) is 41.3 cm³/mol. The van der Waals surface area contributed by atoms with Gasteiger partial charge in [0.2, 0.25) is 0 Å². The Kier molecular flexibility index (Phi) is 2.65. The maximum Gasteiger partial charge on any atom is 0.127 e. The molecule has 1 aromatic rings. The van der Waals surface area contributed by atoms with Gasteiger partial charge in [-0.15, -0.1) is 0 Å². The Labute approximate surface area is 66.3 Å². The molecule has 0 aromatic carbocycles. The lowest BCUT2D eigenvalue weighted by molar-refractivity contribution is 0.176. The van der Waals surface area contributed by atoms with Gasteiger partial charge in [0.15, 0.2) is 0 Å². The van der Waals surface area contributed by atoms with E-state index in [1.807, 2.05) is 0 Å². The first kappa shape index (κ1) is 8.27. The van der Waals surface area contributed by atoms with Gasteiger partial charge in [-0.2, -0.15) is 0 Å². The highest BCUT2D eigenvalue weighted by Crippen LogP contribution is 2.18. The minimum Gasteiger partial charge on any atom is -0.378 e. The van der Waals surface area contributed by atoms with Crippen molar-refractivity contribution in [3.63, 3.8) is 0 Å². The second-order valence-electron chi connectivity index (χ2n) is 2.80. The van der Waals surface area contributed by atoms with Crippen molar-refractivity contribution in [1.29, 1.82) is 0 Å². The molecule has 0 bridgehead atoms. The van der Waals surface area contributed by atoms with E-state index in [1.54, 1.807) is 13.4 Å². The SMILES string of the molecule is COCc1nocc1C(C)C. The van der Waals surface area contributed by atoms with E-state index in [0.717, 1.165) is 11.3 Å². The van der Waals surface area contributed by atoms with Gasteiger partial charge in [0.25, 0.3) is 0 Å². The van der Waals surface area contributed by atoms with E-state index in [9.17, 15) is 0 Å². The maximum atomic E-state index is 4.95. The summed E-state index contributed by atoms with van der Waals surface area (Å²) in [5.41, 5.74) is 2.04. The summed E-state index contributed by atoms with van der Waals surface area (Å²) >= 11 is 0. The molecule has 0 aliphatic rings. The van der Waals surface area contributed by atoms with Crippen LogP contribution >= 0.6 is 0 Å². The monoisotopic (exact) mass is 155 g/mol. The zero-order chi connectivity index (χ0) is 8.27. The van der Waals surface area contributed by atoms with Crippen LogP contribution in [0.15, 0.2) is 10.8 Å². The van der Waals surface area contributed by atoms with E-state index in [4.69, 9.17) is 9.26 Å². The van der Waals surface area contributed by atoms with E-state index in [1.165, 1.54) is 0 Å². The predicted octanol–water partition coefficient (Wildman–Crippen LogP) is 1.94. The van der Waals surface area contributed by atoms with Crippen LogP contribution in [0.4, 0.5) is 0 Å². The Bertz CT molecular complexity index is 218. The van der Waals surface area contributed by atoms with Gasteiger partial charge in [-0.3, -0.25) is 0 Å². The van der Waals surface area contributed by atoms with Gasteiger partial charge >= 0.3 is 0 Å². The number of rotatable bonds is 3. The average Bonchev–Trinajstić information content (AvgIpc) is 2.36. The third-order valence-electron chi connectivity index (χ3n) is 1.58. The molecule has 0 aliphatic heterocycles. The smallest absolute Gasteiger partial charge is 0.127 e. The van der Waals surface area contributed by atoms with Gasteiger partial charge < -0.3 is 9.26 Å². The number of nitrogens with zero attached hydrogens (tertiary/aromatic N) is 1. The van der Waals surface area contributed by atoms with Crippen LogP contribution in [0.2, 0.25) is 0 Å². The van der Waals surface area contributed by atoms with Crippen LogP contribution in [0, 0.1) is 0 Å². The summed E-state index contributed by atoms with van der Waals surface area (Å²) < 4.78 is 9.78. The van der Waals surface area contributed by atoms with Gasteiger partial charge in [0.05, 0.1) is 6.61 Å². The van der Waals surface area contributed by atoms with E-state index in [-0.39, 0.29) is 0 Å². The van der Waals surface area contributed by atoms with E-state index in [2.05, 4.69) is 19.0 Å². The molecule has 0 unspecified atom stereocenters. The zero-order valence-electron chi connectivity index (χ0n) is 7.13. The fourth-order valence-corrected chi connectivity index (χ4v) is 0.983. The first-order valence-electron chi connectivity index (χ1n) is 3.67. The van der Waals surface area contributed by atoms with Gasteiger partial charge in [-0.05, 0) is 5.92 Å². The summed E-state index contributed by atoms with van der Waals surface area (Å²) in [5.74, 6) is 0.450. The number of ether oxygens (including phenoxy) is 1. The molecule has 0 spiro atoms. The molecule has 0 amide bonds. The van der Waals surface area contributed by atoms with Crippen molar-refractivity contribution in [2.75, 3.05) is 7.11 Å². The molecule has 0 atom stereocenters. The average molecular weight is 155 g/mol. The Balaban J connectivity index is 2.78. The first-order valence-corrected chi connectivity index (χ1v) is 3.67. The van der Waals surface area contributed by atoms with Crippen LogP contribution < -0.4 is 0 Å². The molecule has 3 heteroatoms. The molecule has 0 saturated carbocycles. The fraction of sp³-hybridized carbons (Fsp3) is 0.625. The number of hydrogen-bond acceptors (Lipinski definition) is 3. The molecule has 1 aromatic heterocycles. The summed E-state index contributed by atoms with van der Waals surface area (Å²) in [6.07, 6.45) is 1.68. The second-order valence-corrected chi connectivity index (χ2v) is 2.80. The van der Waals surface area contributed by atoms with Crippen molar-refractivity contribution >= 4 is 0 Å². The molecule has 1 heterocycles. The lowest BCUT2D eigenvalue weighted by atomic mass is 10.1. The van der Waals surface area contributed by atoms with Gasteiger partial charge in [0, 0.05) is 12.7 Å². The van der Waals surface area contributed by atoms with E-state index < -0.39 is 0 Å². The Morgan fingerprint density at radius 2 is 2.36 bits per heavy atom. The Hall–Kier alpha value is -0.830. The van der Waals surface area contributed by atoms with E-state index in [0.29, 0.717) is 12.5 Å². The molecule has 0 aliphatic carbocycles. The Morgan fingerprint density at radius 1 is 1.64 bits per heavy atom. The quantitative estimate of drug-likeness (QED) is 0.669. The van der Waals surface area contributed by atoms with Crippen molar-refractivity contribution in [1.82, 2.24) is 5.16 Å². The van der Waals surface area contributed by atoms with Crippen LogP contribution in [0.5, 0.6) is 0 Å². The number of aromatic nitrogens is 1. The summed E-state index contributed by atoms with van der Waals surface area (Å²) in [6, 6.07) is 0. The molecule has 3 nitrogen and oxygen atoms in total.